The molecule has 0 saturated carbocycles. The zero-order chi connectivity index (χ0) is 21.6. The van der Waals surface area contributed by atoms with Gasteiger partial charge in [-0.3, -0.25) is 14.5 Å². The molecule has 156 valence electrons. The third-order valence-corrected chi connectivity index (χ3v) is 5.81. The van der Waals surface area contributed by atoms with E-state index in [2.05, 4.69) is 15.0 Å². The summed E-state index contributed by atoms with van der Waals surface area (Å²) in [6.45, 7) is 2.29. The number of anilines is 1. The van der Waals surface area contributed by atoms with Gasteiger partial charge in [0.05, 0.1) is 7.11 Å². The average molecular weight is 426 g/mol. The van der Waals surface area contributed by atoms with Crippen molar-refractivity contribution in [2.75, 3.05) is 18.4 Å². The fraction of sp³-hybridized carbons (Fsp3) is 0.182. The number of carbonyl (C=O) groups excluding carboxylic acids is 1. The Morgan fingerprint density at radius 3 is 2.50 bits per heavy atom. The van der Waals surface area contributed by atoms with Crippen molar-refractivity contribution < 1.29 is 17.9 Å². The minimum Gasteiger partial charge on any atom is -0.495 e. The van der Waals surface area contributed by atoms with E-state index in [1.54, 1.807) is 30.5 Å². The van der Waals surface area contributed by atoms with Crippen LogP contribution >= 0.6 is 0 Å². The number of hydrogen-bond acceptors (Lipinski definition) is 5. The average Bonchev–Trinajstić information content (AvgIpc) is 2.75. The molecule has 0 radical (unpaired) electrons. The lowest BCUT2D eigenvalue weighted by atomic mass is 10.2. The number of amides is 1. The van der Waals surface area contributed by atoms with Crippen molar-refractivity contribution in [1.82, 2.24) is 10.3 Å². The number of aryl methyl sites for hydroxylation is 1. The highest BCUT2D eigenvalue weighted by Crippen LogP contribution is 2.27. The van der Waals surface area contributed by atoms with Crippen molar-refractivity contribution >= 4 is 21.6 Å². The van der Waals surface area contributed by atoms with E-state index in [4.69, 9.17) is 4.74 Å². The number of ether oxygens (including phenoxy) is 1. The molecule has 0 fully saturated rings. The van der Waals surface area contributed by atoms with Crippen LogP contribution in [0.4, 0.5) is 5.69 Å². The van der Waals surface area contributed by atoms with Gasteiger partial charge in [-0.2, -0.15) is 0 Å². The summed E-state index contributed by atoms with van der Waals surface area (Å²) in [4.78, 5) is 16.6. The molecule has 0 spiro atoms. The summed E-state index contributed by atoms with van der Waals surface area (Å²) in [5.41, 5.74) is 2.52. The molecule has 2 aromatic carbocycles. The molecule has 1 aromatic heterocycles. The van der Waals surface area contributed by atoms with Gasteiger partial charge in [-0.25, -0.2) is 8.42 Å². The van der Waals surface area contributed by atoms with E-state index < -0.39 is 10.0 Å². The molecule has 0 bridgehead atoms. The fourth-order valence-electron chi connectivity index (χ4n) is 2.81. The smallest absolute Gasteiger partial charge is 0.265 e. The Balaban J connectivity index is 1.76. The summed E-state index contributed by atoms with van der Waals surface area (Å²) in [5.74, 6) is -0.222. The van der Waals surface area contributed by atoms with Crippen molar-refractivity contribution in [2.24, 2.45) is 0 Å². The van der Waals surface area contributed by atoms with Crippen LogP contribution in [0.25, 0.3) is 0 Å². The molecule has 0 unspecified atom stereocenters. The standard InChI is InChI=1S/C22H23N3O4S/c1-16-6-9-19(10-7-16)25-30(27,28)21-15-17(8-11-20(21)29-2)22(26)24-14-12-18-5-3-4-13-23-18/h3-11,13,15,25H,12,14H2,1-2H3,(H,24,26). The maximum absolute atomic E-state index is 12.9. The van der Waals surface area contributed by atoms with Gasteiger partial charge in [0.1, 0.15) is 10.6 Å². The Labute approximate surface area is 176 Å². The Morgan fingerprint density at radius 2 is 1.83 bits per heavy atom. The number of rotatable bonds is 8. The second-order valence-electron chi connectivity index (χ2n) is 6.66. The number of aromatic nitrogens is 1. The molecule has 1 heterocycles. The first-order chi connectivity index (χ1) is 14.4. The first kappa shape index (κ1) is 21.3. The summed E-state index contributed by atoms with van der Waals surface area (Å²) < 4.78 is 33.5. The molecule has 1 amide bonds. The largest absolute Gasteiger partial charge is 0.495 e. The number of nitrogens with one attached hydrogen (secondary N) is 2. The van der Waals surface area contributed by atoms with Crippen molar-refractivity contribution in [3.63, 3.8) is 0 Å². The number of nitrogens with zero attached hydrogens (tertiary/aromatic N) is 1. The van der Waals surface area contributed by atoms with Crippen molar-refractivity contribution in [3.8, 4) is 5.75 Å². The lowest BCUT2D eigenvalue weighted by Gasteiger charge is -2.13. The highest BCUT2D eigenvalue weighted by atomic mass is 32.2. The molecule has 0 aliphatic heterocycles. The summed E-state index contributed by atoms with van der Waals surface area (Å²) in [6, 6.07) is 16.9. The van der Waals surface area contributed by atoms with Crippen LogP contribution < -0.4 is 14.8 Å². The van der Waals surface area contributed by atoms with Gasteiger partial charge in [-0.1, -0.05) is 23.8 Å². The van der Waals surface area contributed by atoms with Gasteiger partial charge < -0.3 is 10.1 Å². The van der Waals surface area contributed by atoms with Crippen LogP contribution in [0.1, 0.15) is 21.6 Å². The highest BCUT2D eigenvalue weighted by molar-refractivity contribution is 7.92. The van der Waals surface area contributed by atoms with Gasteiger partial charge in [0.25, 0.3) is 15.9 Å². The summed E-state index contributed by atoms with van der Waals surface area (Å²) >= 11 is 0. The van der Waals surface area contributed by atoms with Gasteiger partial charge in [0.15, 0.2) is 0 Å². The zero-order valence-corrected chi connectivity index (χ0v) is 17.6. The topological polar surface area (TPSA) is 97.4 Å². The molecular weight excluding hydrogens is 402 g/mol. The summed E-state index contributed by atoms with van der Waals surface area (Å²) in [5, 5.41) is 2.78. The normalized spacial score (nSPS) is 11.0. The first-order valence-corrected chi connectivity index (χ1v) is 10.8. The van der Waals surface area contributed by atoms with E-state index in [0.29, 0.717) is 18.7 Å². The van der Waals surface area contributed by atoms with Crippen LogP contribution in [-0.2, 0) is 16.4 Å². The molecule has 30 heavy (non-hydrogen) atoms. The van der Waals surface area contributed by atoms with E-state index >= 15 is 0 Å². The Hall–Kier alpha value is -3.39. The van der Waals surface area contributed by atoms with Crippen LogP contribution in [0, 0.1) is 6.92 Å². The lowest BCUT2D eigenvalue weighted by Crippen LogP contribution is -2.26. The number of carbonyl (C=O) groups is 1. The van der Waals surface area contributed by atoms with Gasteiger partial charge in [-0.15, -0.1) is 0 Å². The molecule has 7 nitrogen and oxygen atoms in total. The summed E-state index contributed by atoms with van der Waals surface area (Å²) in [7, 11) is -2.57. The number of benzene rings is 2. The second kappa shape index (κ2) is 9.41. The predicted octanol–water partition coefficient (Wildman–Crippen LogP) is 3.17. The van der Waals surface area contributed by atoms with E-state index in [-0.39, 0.29) is 22.1 Å². The van der Waals surface area contributed by atoms with Gasteiger partial charge in [-0.05, 0) is 49.4 Å². The quantitative estimate of drug-likeness (QED) is 0.578. The highest BCUT2D eigenvalue weighted by Gasteiger charge is 2.22. The molecule has 0 aliphatic rings. The second-order valence-corrected chi connectivity index (χ2v) is 8.31. The molecule has 8 heteroatoms. The Bertz CT molecular complexity index is 1110. The molecule has 0 atom stereocenters. The number of methoxy groups -OCH3 is 1. The lowest BCUT2D eigenvalue weighted by molar-refractivity contribution is 0.0954. The Morgan fingerprint density at radius 1 is 1.07 bits per heavy atom. The minimum absolute atomic E-state index is 0.108. The monoisotopic (exact) mass is 425 g/mol. The molecule has 0 aliphatic carbocycles. The van der Waals surface area contributed by atoms with Gasteiger partial charge in [0, 0.05) is 36.1 Å². The predicted molar refractivity (Wildman–Crippen MR) is 115 cm³/mol. The summed E-state index contributed by atoms with van der Waals surface area (Å²) in [6.07, 6.45) is 2.27. The number of sulfonamides is 1. The van der Waals surface area contributed by atoms with Crippen molar-refractivity contribution in [3.05, 3.63) is 83.7 Å². The molecule has 3 aromatic rings. The van der Waals surface area contributed by atoms with Crippen LogP contribution in [0.2, 0.25) is 0 Å². The third kappa shape index (κ3) is 5.36. The molecular formula is C22H23N3O4S. The number of pyridine rings is 1. The van der Waals surface area contributed by atoms with Gasteiger partial charge in [0.2, 0.25) is 0 Å². The van der Waals surface area contributed by atoms with Crippen LogP contribution in [0.15, 0.2) is 71.8 Å². The Kier molecular flexibility index (Phi) is 6.68. The first-order valence-electron chi connectivity index (χ1n) is 9.35. The van der Waals surface area contributed by atoms with Crippen LogP contribution in [0.3, 0.4) is 0 Å². The maximum Gasteiger partial charge on any atom is 0.265 e. The molecule has 3 rings (SSSR count). The zero-order valence-electron chi connectivity index (χ0n) is 16.8. The van der Waals surface area contributed by atoms with Crippen LogP contribution in [-0.4, -0.2) is 33.0 Å². The van der Waals surface area contributed by atoms with Crippen LogP contribution in [0.5, 0.6) is 5.75 Å². The fourth-order valence-corrected chi connectivity index (χ4v) is 4.07. The van der Waals surface area contributed by atoms with E-state index in [0.717, 1.165) is 11.3 Å². The minimum atomic E-state index is -3.95. The SMILES string of the molecule is COc1ccc(C(=O)NCCc2ccccn2)cc1S(=O)(=O)Nc1ccc(C)cc1. The number of hydrogen-bond donors (Lipinski definition) is 2. The van der Waals surface area contributed by atoms with Crippen molar-refractivity contribution in [2.45, 2.75) is 18.2 Å². The van der Waals surface area contributed by atoms with E-state index in [1.165, 1.54) is 25.3 Å². The molecule has 2 N–H and O–H groups in total. The maximum atomic E-state index is 12.9. The molecule has 0 saturated heterocycles. The van der Waals surface area contributed by atoms with Crippen molar-refractivity contribution in [1.29, 1.82) is 0 Å². The van der Waals surface area contributed by atoms with Gasteiger partial charge >= 0.3 is 0 Å². The van der Waals surface area contributed by atoms with E-state index in [9.17, 15) is 13.2 Å². The van der Waals surface area contributed by atoms with E-state index in [1.807, 2.05) is 25.1 Å². The third-order valence-electron chi connectivity index (χ3n) is 4.41.